The molecule has 1 radical (unpaired) electrons. The van der Waals surface area contributed by atoms with Gasteiger partial charge in [-0.1, -0.05) is 24.3 Å². The second kappa shape index (κ2) is 5.79. The molecule has 0 bridgehead atoms. The molecule has 0 aromatic heterocycles. The van der Waals surface area contributed by atoms with Gasteiger partial charge >= 0.3 is 0 Å². The first-order valence-corrected chi connectivity index (χ1v) is 6.27. The van der Waals surface area contributed by atoms with Gasteiger partial charge in [0, 0.05) is 12.0 Å². The topological polar surface area (TPSA) is 18.5 Å². The van der Waals surface area contributed by atoms with Crippen molar-refractivity contribution in [3.63, 3.8) is 0 Å². The van der Waals surface area contributed by atoms with E-state index in [1.54, 1.807) is 14.2 Å². The summed E-state index contributed by atoms with van der Waals surface area (Å²) in [4.78, 5) is 0. The molecule has 2 aromatic carbocycles. The normalized spacial score (nSPS) is 12.0. The maximum Gasteiger partial charge on any atom is 0.122 e. The number of methoxy groups -OCH3 is 2. The minimum absolute atomic E-state index is 0.0604. The zero-order valence-corrected chi connectivity index (χ0v) is 11.6. The van der Waals surface area contributed by atoms with E-state index in [0.29, 0.717) is 0 Å². The van der Waals surface area contributed by atoms with E-state index in [9.17, 15) is 0 Å². The molecule has 0 amide bonds. The Morgan fingerprint density at radius 1 is 0.947 bits per heavy atom. The van der Waals surface area contributed by atoms with Crippen LogP contribution in [0.25, 0.3) is 0 Å². The van der Waals surface area contributed by atoms with Gasteiger partial charge in [-0.15, -0.1) is 0 Å². The molecule has 0 aliphatic heterocycles. The van der Waals surface area contributed by atoms with Gasteiger partial charge in [-0.25, -0.2) is 0 Å². The number of benzene rings is 2. The van der Waals surface area contributed by atoms with Gasteiger partial charge in [0.1, 0.15) is 11.5 Å². The molecule has 1 unspecified atom stereocenters. The first kappa shape index (κ1) is 13.5. The largest absolute Gasteiger partial charge is 0.497 e. The van der Waals surface area contributed by atoms with Gasteiger partial charge < -0.3 is 9.47 Å². The molecule has 0 saturated carbocycles. The SMILES string of the molecule is [CH2]C(c1cc(OC)cc(OC)c1)c1ccccc1C. The highest BCUT2D eigenvalue weighted by molar-refractivity contribution is 5.45. The van der Waals surface area contributed by atoms with Gasteiger partial charge in [0.2, 0.25) is 0 Å². The van der Waals surface area contributed by atoms with Gasteiger partial charge in [-0.3, -0.25) is 0 Å². The van der Waals surface area contributed by atoms with E-state index in [4.69, 9.17) is 9.47 Å². The van der Waals surface area contributed by atoms with Gasteiger partial charge in [0.25, 0.3) is 0 Å². The lowest BCUT2D eigenvalue weighted by atomic mass is 9.90. The molecule has 0 aliphatic carbocycles. The van der Waals surface area contributed by atoms with Gasteiger partial charge in [0.15, 0.2) is 0 Å². The number of hydrogen-bond donors (Lipinski definition) is 0. The van der Waals surface area contributed by atoms with Crippen molar-refractivity contribution in [2.45, 2.75) is 12.8 Å². The molecule has 0 aliphatic rings. The lowest BCUT2D eigenvalue weighted by Crippen LogP contribution is -2.00. The maximum atomic E-state index is 5.31. The third-order valence-corrected chi connectivity index (χ3v) is 3.34. The van der Waals surface area contributed by atoms with Crippen LogP contribution < -0.4 is 9.47 Å². The molecule has 2 aromatic rings. The second-order valence-electron chi connectivity index (χ2n) is 4.56. The van der Waals surface area contributed by atoms with Gasteiger partial charge in [0.05, 0.1) is 14.2 Å². The molecule has 2 nitrogen and oxygen atoms in total. The summed E-state index contributed by atoms with van der Waals surface area (Å²) in [5.74, 6) is 1.64. The molecule has 0 fully saturated rings. The minimum Gasteiger partial charge on any atom is -0.497 e. The van der Waals surface area contributed by atoms with Crippen LogP contribution in [0, 0.1) is 13.8 Å². The molecule has 0 heterocycles. The van der Waals surface area contributed by atoms with Crippen molar-refractivity contribution in [3.8, 4) is 11.5 Å². The minimum atomic E-state index is 0.0604. The molecule has 0 N–H and O–H groups in total. The summed E-state index contributed by atoms with van der Waals surface area (Å²) in [5, 5.41) is 0. The van der Waals surface area contributed by atoms with Crippen LogP contribution in [-0.4, -0.2) is 14.2 Å². The van der Waals surface area contributed by atoms with Crippen LogP contribution >= 0.6 is 0 Å². The lowest BCUT2D eigenvalue weighted by molar-refractivity contribution is 0.393. The van der Waals surface area contributed by atoms with E-state index in [1.165, 1.54) is 11.1 Å². The summed E-state index contributed by atoms with van der Waals surface area (Å²) in [7, 11) is 3.31. The standard InChI is InChI=1S/C17H19O2/c1-12-7-5-6-8-17(12)13(2)14-9-15(18-3)11-16(10-14)19-4/h5-11,13H,2H2,1,3-4H3. The summed E-state index contributed by atoms with van der Waals surface area (Å²) in [6.45, 7) is 6.38. The molecule has 1 atom stereocenters. The zero-order chi connectivity index (χ0) is 13.8. The molecule has 2 heteroatoms. The van der Waals surface area contributed by atoms with E-state index < -0.39 is 0 Å². The Bertz CT molecular complexity index is 539. The molecule has 0 spiro atoms. The third kappa shape index (κ3) is 2.90. The number of hydrogen-bond acceptors (Lipinski definition) is 2. The van der Waals surface area contributed by atoms with Crippen LogP contribution in [0.4, 0.5) is 0 Å². The number of ether oxygens (including phenoxy) is 2. The predicted molar refractivity (Wildman–Crippen MR) is 77.9 cm³/mol. The first-order valence-electron chi connectivity index (χ1n) is 6.27. The fourth-order valence-electron chi connectivity index (χ4n) is 2.19. The Labute approximate surface area is 115 Å². The summed E-state index contributed by atoms with van der Waals surface area (Å²) in [5.41, 5.74) is 3.55. The van der Waals surface area contributed by atoms with E-state index in [0.717, 1.165) is 17.1 Å². The van der Waals surface area contributed by atoms with Crippen LogP contribution in [0.15, 0.2) is 42.5 Å². The fourth-order valence-corrected chi connectivity index (χ4v) is 2.19. The van der Waals surface area contributed by atoms with Crippen molar-refractivity contribution >= 4 is 0 Å². The average Bonchev–Trinajstić information content (AvgIpc) is 2.46. The highest BCUT2D eigenvalue weighted by Gasteiger charge is 2.13. The predicted octanol–water partition coefficient (Wildman–Crippen LogP) is 3.98. The Kier molecular flexibility index (Phi) is 4.10. The van der Waals surface area contributed by atoms with Crippen molar-refractivity contribution in [3.05, 3.63) is 66.1 Å². The van der Waals surface area contributed by atoms with E-state index in [-0.39, 0.29) is 5.92 Å². The lowest BCUT2D eigenvalue weighted by Gasteiger charge is -2.17. The molecule has 0 saturated heterocycles. The van der Waals surface area contributed by atoms with Crippen LogP contribution in [0.2, 0.25) is 0 Å². The summed E-state index contributed by atoms with van der Waals surface area (Å²) < 4.78 is 10.6. The van der Waals surface area contributed by atoms with E-state index >= 15 is 0 Å². The Hall–Kier alpha value is -1.96. The van der Waals surface area contributed by atoms with Crippen molar-refractivity contribution in [1.29, 1.82) is 0 Å². The van der Waals surface area contributed by atoms with Crippen molar-refractivity contribution in [2.24, 2.45) is 0 Å². The smallest absolute Gasteiger partial charge is 0.122 e. The summed E-state index contributed by atoms with van der Waals surface area (Å²) >= 11 is 0. The van der Waals surface area contributed by atoms with E-state index in [2.05, 4.69) is 26.0 Å². The van der Waals surface area contributed by atoms with Crippen molar-refractivity contribution in [1.82, 2.24) is 0 Å². The number of aryl methyl sites for hydroxylation is 1. The highest BCUT2D eigenvalue weighted by Crippen LogP contribution is 2.32. The molecule has 99 valence electrons. The first-order chi connectivity index (χ1) is 9.15. The van der Waals surface area contributed by atoms with Crippen LogP contribution in [-0.2, 0) is 0 Å². The monoisotopic (exact) mass is 255 g/mol. The molecule has 2 rings (SSSR count). The van der Waals surface area contributed by atoms with Crippen LogP contribution in [0.1, 0.15) is 22.6 Å². The zero-order valence-electron chi connectivity index (χ0n) is 11.6. The second-order valence-corrected chi connectivity index (χ2v) is 4.56. The third-order valence-electron chi connectivity index (χ3n) is 3.34. The number of rotatable bonds is 4. The fraction of sp³-hybridized carbons (Fsp3) is 0.235. The summed E-state index contributed by atoms with van der Waals surface area (Å²) in [6, 6.07) is 14.2. The average molecular weight is 255 g/mol. The molecular weight excluding hydrogens is 236 g/mol. The molecular formula is C17H19O2. The van der Waals surface area contributed by atoms with Crippen molar-refractivity contribution in [2.75, 3.05) is 14.2 Å². The Morgan fingerprint density at radius 3 is 2.05 bits per heavy atom. The van der Waals surface area contributed by atoms with Gasteiger partial charge in [-0.2, -0.15) is 0 Å². The Morgan fingerprint density at radius 2 is 1.53 bits per heavy atom. The maximum absolute atomic E-state index is 5.31. The van der Waals surface area contributed by atoms with Gasteiger partial charge in [-0.05, 0) is 42.7 Å². The van der Waals surface area contributed by atoms with Crippen molar-refractivity contribution < 1.29 is 9.47 Å². The highest BCUT2D eigenvalue weighted by atomic mass is 16.5. The van der Waals surface area contributed by atoms with Crippen LogP contribution in [0.3, 0.4) is 0 Å². The quantitative estimate of drug-likeness (QED) is 0.822. The Balaban J connectivity index is 2.43. The molecule has 19 heavy (non-hydrogen) atoms. The van der Waals surface area contributed by atoms with Crippen LogP contribution in [0.5, 0.6) is 11.5 Å². The van der Waals surface area contributed by atoms with E-state index in [1.807, 2.05) is 30.3 Å². The summed E-state index contributed by atoms with van der Waals surface area (Å²) in [6.07, 6.45) is 0.